The lowest BCUT2D eigenvalue weighted by atomic mass is 10.0. The molecule has 2 aromatic heterocycles. The first kappa shape index (κ1) is 18.6. The van der Waals surface area contributed by atoms with Gasteiger partial charge in [-0.1, -0.05) is 35.9 Å². The Morgan fingerprint density at radius 2 is 1.93 bits per heavy atom. The van der Waals surface area contributed by atoms with Crippen LogP contribution in [0.4, 0.5) is 0 Å². The van der Waals surface area contributed by atoms with E-state index < -0.39 is 0 Å². The molecular formula is C22H19ClN2O2S. The zero-order valence-corrected chi connectivity index (χ0v) is 16.8. The fraction of sp³-hybridized carbons (Fsp3) is 0.136. The lowest BCUT2D eigenvalue weighted by Gasteiger charge is -2.27. The molecule has 4 aromatic rings. The fourth-order valence-corrected chi connectivity index (χ4v) is 4.25. The number of likely N-dealkylation sites (N-methyl/N-ethyl adjacent to an activating group) is 1. The number of rotatable bonds is 6. The van der Waals surface area contributed by atoms with Crippen LogP contribution in [0.3, 0.4) is 0 Å². The average molecular weight is 411 g/mol. The number of carbonyl (C=O) groups excluding carboxylic acids is 1. The zero-order valence-electron chi connectivity index (χ0n) is 15.3. The van der Waals surface area contributed by atoms with Crippen LogP contribution in [0.25, 0.3) is 10.9 Å². The van der Waals surface area contributed by atoms with Gasteiger partial charge >= 0.3 is 0 Å². The van der Waals surface area contributed by atoms with Crippen LogP contribution < -0.4 is 4.74 Å². The molecule has 0 unspecified atom stereocenters. The summed E-state index contributed by atoms with van der Waals surface area (Å²) < 4.78 is 5.66. The number of aromatic amines is 1. The lowest BCUT2D eigenvalue weighted by molar-refractivity contribution is -0.133. The summed E-state index contributed by atoms with van der Waals surface area (Å²) in [7, 11) is 1.82. The van der Waals surface area contributed by atoms with E-state index in [4.69, 9.17) is 16.3 Å². The summed E-state index contributed by atoms with van der Waals surface area (Å²) in [6, 6.07) is 19.0. The summed E-state index contributed by atoms with van der Waals surface area (Å²) in [5.41, 5.74) is 2.12. The van der Waals surface area contributed by atoms with Crippen LogP contribution in [-0.2, 0) is 4.79 Å². The molecule has 4 nitrogen and oxygen atoms in total. The third kappa shape index (κ3) is 3.77. The number of aromatic nitrogens is 1. The van der Waals surface area contributed by atoms with E-state index in [1.54, 1.807) is 40.5 Å². The van der Waals surface area contributed by atoms with Gasteiger partial charge in [-0.2, -0.15) is 0 Å². The van der Waals surface area contributed by atoms with Gasteiger partial charge in [-0.25, -0.2) is 0 Å². The van der Waals surface area contributed by atoms with E-state index >= 15 is 0 Å². The van der Waals surface area contributed by atoms with Crippen molar-refractivity contribution in [1.29, 1.82) is 0 Å². The van der Waals surface area contributed by atoms with Gasteiger partial charge in [-0.3, -0.25) is 4.79 Å². The van der Waals surface area contributed by atoms with Crippen molar-refractivity contribution in [3.8, 4) is 5.75 Å². The molecule has 142 valence electrons. The van der Waals surface area contributed by atoms with Crippen molar-refractivity contribution in [2.45, 2.75) is 6.04 Å². The molecule has 0 saturated heterocycles. The topological polar surface area (TPSA) is 45.3 Å². The summed E-state index contributed by atoms with van der Waals surface area (Å²) >= 11 is 7.53. The van der Waals surface area contributed by atoms with Crippen LogP contribution >= 0.6 is 22.9 Å². The molecule has 6 heteroatoms. The molecular weight excluding hydrogens is 392 g/mol. The van der Waals surface area contributed by atoms with Crippen LogP contribution in [0, 0.1) is 0 Å². The Balaban J connectivity index is 1.59. The Morgan fingerprint density at radius 3 is 2.68 bits per heavy atom. The molecule has 1 atom stereocenters. The number of para-hydroxylation sites is 1. The molecule has 0 spiro atoms. The second-order valence-electron chi connectivity index (χ2n) is 6.45. The molecule has 0 aliphatic carbocycles. The van der Waals surface area contributed by atoms with E-state index in [2.05, 4.69) is 17.1 Å². The van der Waals surface area contributed by atoms with E-state index in [9.17, 15) is 4.79 Å². The van der Waals surface area contributed by atoms with Crippen LogP contribution in [-0.4, -0.2) is 29.4 Å². The third-order valence-electron chi connectivity index (χ3n) is 4.69. The molecule has 28 heavy (non-hydrogen) atoms. The highest BCUT2D eigenvalue weighted by atomic mass is 35.5. The molecule has 0 aliphatic rings. The van der Waals surface area contributed by atoms with Crippen molar-refractivity contribution in [1.82, 2.24) is 9.88 Å². The van der Waals surface area contributed by atoms with Crippen molar-refractivity contribution >= 4 is 39.7 Å². The number of amides is 1. The van der Waals surface area contributed by atoms with Crippen LogP contribution in [0.1, 0.15) is 16.5 Å². The third-order valence-corrected chi connectivity index (χ3v) is 5.86. The van der Waals surface area contributed by atoms with Gasteiger partial charge in [0.1, 0.15) is 5.75 Å². The normalized spacial score (nSPS) is 12.1. The number of thiophene rings is 1. The number of benzene rings is 2. The maximum atomic E-state index is 12.9. The molecule has 4 rings (SSSR count). The SMILES string of the molecule is CN(C(=O)COc1ccc(Cl)cc1)[C@H](c1cccs1)c1c[nH]c2ccccc12. The Labute approximate surface area is 172 Å². The Hall–Kier alpha value is -2.76. The van der Waals surface area contributed by atoms with Gasteiger partial charge in [0.25, 0.3) is 5.91 Å². The number of ether oxygens (including phenoxy) is 1. The van der Waals surface area contributed by atoms with Gasteiger partial charge in [0.15, 0.2) is 6.61 Å². The number of hydrogen-bond donors (Lipinski definition) is 1. The summed E-state index contributed by atoms with van der Waals surface area (Å²) in [5.74, 6) is 0.518. The number of halogens is 1. The highest BCUT2D eigenvalue weighted by Crippen LogP contribution is 2.35. The van der Waals surface area contributed by atoms with Gasteiger partial charge in [0, 0.05) is 39.6 Å². The minimum absolute atomic E-state index is 0.0393. The Kier molecular flexibility index (Phi) is 5.37. The number of nitrogens with zero attached hydrogens (tertiary/aromatic N) is 1. The molecule has 1 amide bonds. The molecule has 2 aromatic carbocycles. The largest absolute Gasteiger partial charge is 0.484 e. The summed E-state index contributed by atoms with van der Waals surface area (Å²) in [6.45, 7) is -0.0393. The smallest absolute Gasteiger partial charge is 0.261 e. The molecule has 2 heterocycles. The highest BCUT2D eigenvalue weighted by Gasteiger charge is 2.27. The predicted molar refractivity (Wildman–Crippen MR) is 114 cm³/mol. The number of carbonyl (C=O) groups is 1. The van der Waals surface area contributed by atoms with Gasteiger partial charge in [-0.15, -0.1) is 11.3 Å². The maximum absolute atomic E-state index is 12.9. The molecule has 0 bridgehead atoms. The van der Waals surface area contributed by atoms with Crippen LogP contribution in [0.2, 0.25) is 5.02 Å². The molecule has 0 saturated carbocycles. The van der Waals surface area contributed by atoms with Crippen molar-refractivity contribution < 1.29 is 9.53 Å². The van der Waals surface area contributed by atoms with Crippen molar-refractivity contribution in [2.24, 2.45) is 0 Å². The average Bonchev–Trinajstić information content (AvgIpc) is 3.38. The van der Waals surface area contributed by atoms with Gasteiger partial charge in [0.05, 0.1) is 6.04 Å². The maximum Gasteiger partial charge on any atom is 0.261 e. The molecule has 0 radical (unpaired) electrons. The van der Waals surface area contributed by atoms with Crippen molar-refractivity contribution in [3.63, 3.8) is 0 Å². The molecule has 1 N–H and O–H groups in total. The second kappa shape index (κ2) is 8.09. The van der Waals surface area contributed by atoms with E-state index in [0.717, 1.165) is 21.3 Å². The zero-order chi connectivity index (χ0) is 19.5. The predicted octanol–water partition coefficient (Wildman–Crippen LogP) is 5.51. The summed E-state index contributed by atoms with van der Waals surface area (Å²) in [5, 5.41) is 3.77. The van der Waals surface area contributed by atoms with E-state index in [0.29, 0.717) is 10.8 Å². The number of hydrogen-bond acceptors (Lipinski definition) is 3. The fourth-order valence-electron chi connectivity index (χ4n) is 3.24. The van der Waals surface area contributed by atoms with Gasteiger partial charge in [0.2, 0.25) is 0 Å². The van der Waals surface area contributed by atoms with E-state index in [-0.39, 0.29) is 18.6 Å². The second-order valence-corrected chi connectivity index (χ2v) is 7.87. The highest BCUT2D eigenvalue weighted by molar-refractivity contribution is 7.10. The quantitative estimate of drug-likeness (QED) is 0.455. The number of H-pyrrole nitrogens is 1. The Morgan fingerprint density at radius 1 is 1.14 bits per heavy atom. The van der Waals surface area contributed by atoms with E-state index in [1.165, 1.54) is 0 Å². The van der Waals surface area contributed by atoms with E-state index in [1.807, 2.05) is 42.9 Å². The summed E-state index contributed by atoms with van der Waals surface area (Å²) in [4.78, 5) is 19.1. The first-order chi connectivity index (χ1) is 13.6. The minimum Gasteiger partial charge on any atom is -0.484 e. The lowest BCUT2D eigenvalue weighted by Crippen LogP contribution is -2.35. The molecule has 0 fully saturated rings. The molecule has 0 aliphatic heterocycles. The van der Waals surface area contributed by atoms with Crippen LogP contribution in [0.15, 0.2) is 72.2 Å². The van der Waals surface area contributed by atoms with Gasteiger partial charge in [-0.05, 0) is 41.8 Å². The van der Waals surface area contributed by atoms with Gasteiger partial charge < -0.3 is 14.6 Å². The minimum atomic E-state index is -0.183. The number of fused-ring (bicyclic) bond motifs is 1. The van der Waals surface area contributed by atoms with Crippen molar-refractivity contribution in [2.75, 3.05) is 13.7 Å². The van der Waals surface area contributed by atoms with Crippen LogP contribution in [0.5, 0.6) is 5.75 Å². The monoisotopic (exact) mass is 410 g/mol. The Bertz CT molecular complexity index is 1070. The summed E-state index contributed by atoms with van der Waals surface area (Å²) in [6.07, 6.45) is 1.99. The standard InChI is InChI=1S/C22H19ClN2O2S/c1-25(21(26)14-27-16-10-8-15(23)9-11-16)22(20-7-4-12-28-20)18-13-24-19-6-3-2-5-17(18)19/h2-13,22,24H,14H2,1H3/t22-/m0/s1. The number of nitrogens with one attached hydrogen (secondary N) is 1. The van der Waals surface area contributed by atoms with Crippen molar-refractivity contribution in [3.05, 3.63) is 87.7 Å². The first-order valence-corrected chi connectivity index (χ1v) is 10.1. The first-order valence-electron chi connectivity index (χ1n) is 8.87.